The second kappa shape index (κ2) is 9.04. The molecule has 3 heteroatoms. The van der Waals surface area contributed by atoms with Crippen molar-refractivity contribution in [1.29, 1.82) is 0 Å². The smallest absolute Gasteiger partial charge is 0.182 e. The minimum absolute atomic E-state index is 0.0894. The Morgan fingerprint density at radius 2 is 1.75 bits per heavy atom. The number of carbonyl (C=O) groups excluding carboxylic acids is 1. The second-order valence-electron chi connectivity index (χ2n) is 6.83. The van der Waals surface area contributed by atoms with E-state index in [0.717, 1.165) is 18.4 Å². The van der Waals surface area contributed by atoms with Crippen molar-refractivity contribution >= 4 is 5.78 Å². The van der Waals surface area contributed by atoms with Gasteiger partial charge in [-0.05, 0) is 32.3 Å². The SMILES string of the molecule is CCCCCC[C@H](CC(=O)C(C)(C)C)OC(N)=C(C)C. The molecule has 0 spiro atoms. The lowest BCUT2D eigenvalue weighted by Gasteiger charge is -2.23. The molecule has 1 atom stereocenters. The highest BCUT2D eigenvalue weighted by Crippen LogP contribution is 2.22. The summed E-state index contributed by atoms with van der Waals surface area (Å²) in [7, 11) is 0. The van der Waals surface area contributed by atoms with Gasteiger partial charge in [-0.1, -0.05) is 47.0 Å². The van der Waals surface area contributed by atoms with Gasteiger partial charge in [0.2, 0.25) is 0 Å². The Kier molecular flexibility index (Phi) is 8.59. The van der Waals surface area contributed by atoms with E-state index >= 15 is 0 Å². The third-order valence-corrected chi connectivity index (χ3v) is 3.42. The van der Waals surface area contributed by atoms with Gasteiger partial charge in [-0.25, -0.2) is 0 Å². The number of unbranched alkanes of at least 4 members (excludes halogenated alkanes) is 3. The number of Topliss-reactive ketones (excluding diaryl/α,β-unsaturated/α-hetero) is 1. The summed E-state index contributed by atoms with van der Waals surface area (Å²) in [4.78, 5) is 12.2. The topological polar surface area (TPSA) is 52.3 Å². The summed E-state index contributed by atoms with van der Waals surface area (Å²) < 4.78 is 5.79. The highest BCUT2D eigenvalue weighted by molar-refractivity contribution is 5.84. The summed E-state index contributed by atoms with van der Waals surface area (Å²) >= 11 is 0. The molecule has 0 saturated heterocycles. The lowest BCUT2D eigenvalue weighted by molar-refractivity contribution is -0.128. The molecule has 0 amide bonds. The number of allylic oxidation sites excluding steroid dienone is 1. The van der Waals surface area contributed by atoms with Gasteiger partial charge in [0.1, 0.15) is 11.9 Å². The van der Waals surface area contributed by atoms with E-state index in [-0.39, 0.29) is 17.3 Å². The van der Waals surface area contributed by atoms with E-state index in [9.17, 15) is 4.79 Å². The number of ketones is 1. The van der Waals surface area contributed by atoms with Gasteiger partial charge in [-0.2, -0.15) is 0 Å². The molecular formula is C17H33NO2. The summed E-state index contributed by atoms with van der Waals surface area (Å²) in [5.74, 6) is 0.701. The molecule has 0 unspecified atom stereocenters. The number of nitrogens with two attached hydrogens (primary N) is 1. The average molecular weight is 283 g/mol. The number of hydrogen-bond acceptors (Lipinski definition) is 3. The first-order valence-corrected chi connectivity index (χ1v) is 7.81. The molecule has 2 N–H and O–H groups in total. The fraction of sp³-hybridized carbons (Fsp3) is 0.824. The van der Waals surface area contributed by atoms with Crippen molar-refractivity contribution < 1.29 is 9.53 Å². The van der Waals surface area contributed by atoms with E-state index in [2.05, 4.69) is 6.92 Å². The standard InChI is InChI=1S/C17H33NO2/c1-7-8-9-10-11-14(20-16(18)13(2)3)12-15(19)17(4,5)6/h14H,7-12,18H2,1-6H3/t14-/m1/s1. The maximum absolute atomic E-state index is 12.2. The van der Waals surface area contributed by atoms with E-state index in [0.29, 0.717) is 12.3 Å². The molecule has 0 aliphatic carbocycles. The van der Waals surface area contributed by atoms with Crippen LogP contribution in [0.15, 0.2) is 11.5 Å². The molecular weight excluding hydrogens is 250 g/mol. The Hall–Kier alpha value is -0.990. The molecule has 0 aliphatic rings. The zero-order valence-electron chi connectivity index (χ0n) is 14.2. The number of rotatable bonds is 9. The van der Waals surface area contributed by atoms with Gasteiger partial charge in [0.25, 0.3) is 0 Å². The van der Waals surface area contributed by atoms with Gasteiger partial charge < -0.3 is 10.5 Å². The summed E-state index contributed by atoms with van der Waals surface area (Å²) in [5, 5.41) is 0. The largest absolute Gasteiger partial charge is 0.476 e. The van der Waals surface area contributed by atoms with Crippen LogP contribution in [0.4, 0.5) is 0 Å². The minimum atomic E-state index is -0.315. The first kappa shape index (κ1) is 19.0. The fourth-order valence-electron chi connectivity index (χ4n) is 1.81. The third-order valence-electron chi connectivity index (χ3n) is 3.42. The zero-order valence-corrected chi connectivity index (χ0v) is 14.2. The van der Waals surface area contributed by atoms with Gasteiger partial charge in [-0.15, -0.1) is 0 Å². The lowest BCUT2D eigenvalue weighted by atomic mass is 9.87. The van der Waals surface area contributed by atoms with Crippen molar-refractivity contribution in [2.45, 2.75) is 86.2 Å². The highest BCUT2D eigenvalue weighted by atomic mass is 16.5. The van der Waals surface area contributed by atoms with Crippen molar-refractivity contribution in [3.05, 3.63) is 11.5 Å². The summed E-state index contributed by atoms with van der Waals surface area (Å²) in [6, 6.07) is 0. The molecule has 0 saturated carbocycles. The first-order valence-electron chi connectivity index (χ1n) is 7.81. The molecule has 3 nitrogen and oxygen atoms in total. The minimum Gasteiger partial charge on any atom is -0.476 e. The monoisotopic (exact) mass is 283 g/mol. The van der Waals surface area contributed by atoms with E-state index in [1.807, 2.05) is 34.6 Å². The van der Waals surface area contributed by atoms with Gasteiger partial charge in [0, 0.05) is 11.8 Å². The number of hydrogen-bond donors (Lipinski definition) is 1. The molecule has 118 valence electrons. The van der Waals surface area contributed by atoms with Gasteiger partial charge >= 0.3 is 0 Å². The average Bonchev–Trinajstić information content (AvgIpc) is 2.32. The van der Waals surface area contributed by atoms with Crippen molar-refractivity contribution in [1.82, 2.24) is 0 Å². The molecule has 0 rings (SSSR count). The maximum Gasteiger partial charge on any atom is 0.182 e. The highest BCUT2D eigenvalue weighted by Gasteiger charge is 2.25. The lowest BCUT2D eigenvalue weighted by Crippen LogP contribution is -2.28. The summed E-state index contributed by atoms with van der Waals surface area (Å²) in [6.07, 6.45) is 5.98. The van der Waals surface area contributed by atoms with Crippen LogP contribution in [0.2, 0.25) is 0 Å². The van der Waals surface area contributed by atoms with Crippen LogP contribution in [-0.4, -0.2) is 11.9 Å². The van der Waals surface area contributed by atoms with Crippen LogP contribution >= 0.6 is 0 Å². The quantitative estimate of drug-likeness (QED) is 0.498. The molecule has 0 radical (unpaired) electrons. The van der Waals surface area contributed by atoms with Crippen LogP contribution in [0.5, 0.6) is 0 Å². The van der Waals surface area contributed by atoms with Gasteiger partial charge in [-0.3, -0.25) is 4.79 Å². The maximum atomic E-state index is 12.2. The van der Waals surface area contributed by atoms with Gasteiger partial charge in [0.05, 0.1) is 0 Å². The van der Waals surface area contributed by atoms with Crippen LogP contribution in [-0.2, 0) is 9.53 Å². The van der Waals surface area contributed by atoms with Crippen molar-refractivity contribution in [3.8, 4) is 0 Å². The van der Waals surface area contributed by atoms with E-state index in [4.69, 9.17) is 10.5 Å². The normalized spacial score (nSPS) is 12.9. The predicted molar refractivity (Wildman–Crippen MR) is 85.3 cm³/mol. The Morgan fingerprint density at radius 1 is 1.15 bits per heavy atom. The third kappa shape index (κ3) is 8.23. The Balaban J connectivity index is 4.55. The Morgan fingerprint density at radius 3 is 2.20 bits per heavy atom. The molecule has 0 bridgehead atoms. The number of carbonyl (C=O) groups is 1. The first-order chi connectivity index (χ1) is 9.18. The fourth-order valence-corrected chi connectivity index (χ4v) is 1.81. The van der Waals surface area contributed by atoms with Crippen molar-refractivity contribution in [2.75, 3.05) is 0 Å². The summed E-state index contributed by atoms with van der Waals surface area (Å²) in [5.41, 5.74) is 6.53. The van der Waals surface area contributed by atoms with E-state index in [1.165, 1.54) is 19.3 Å². The molecule has 0 aromatic heterocycles. The predicted octanol–water partition coefficient (Wildman–Crippen LogP) is 4.56. The molecule has 0 aromatic carbocycles. The molecule has 0 heterocycles. The van der Waals surface area contributed by atoms with Crippen LogP contribution in [0, 0.1) is 5.41 Å². The molecule has 20 heavy (non-hydrogen) atoms. The van der Waals surface area contributed by atoms with Crippen LogP contribution in [0.3, 0.4) is 0 Å². The number of ether oxygens (including phenoxy) is 1. The molecule has 0 aromatic rings. The summed E-state index contributed by atoms with van der Waals surface area (Å²) in [6.45, 7) is 11.9. The van der Waals surface area contributed by atoms with Crippen molar-refractivity contribution in [2.24, 2.45) is 11.1 Å². The van der Waals surface area contributed by atoms with Gasteiger partial charge in [0.15, 0.2) is 5.88 Å². The zero-order chi connectivity index (χ0) is 15.8. The molecule has 0 fully saturated rings. The Bertz CT molecular complexity index is 322. The van der Waals surface area contributed by atoms with Crippen molar-refractivity contribution in [3.63, 3.8) is 0 Å². The molecule has 0 aliphatic heterocycles. The van der Waals surface area contributed by atoms with E-state index in [1.54, 1.807) is 0 Å². The second-order valence-corrected chi connectivity index (χ2v) is 6.83. The van der Waals surface area contributed by atoms with E-state index < -0.39 is 0 Å². The van der Waals surface area contributed by atoms with Crippen LogP contribution < -0.4 is 5.73 Å². The van der Waals surface area contributed by atoms with Crippen LogP contribution in [0.25, 0.3) is 0 Å². The van der Waals surface area contributed by atoms with Crippen LogP contribution in [0.1, 0.15) is 80.1 Å². The Labute approximate surface area is 125 Å².